The van der Waals surface area contributed by atoms with E-state index in [9.17, 15) is 13.5 Å². The summed E-state index contributed by atoms with van der Waals surface area (Å²) in [6.45, 7) is 4.89. The molecule has 0 spiro atoms. The highest BCUT2D eigenvalue weighted by atomic mass is 32.2. The topological polar surface area (TPSA) is 54.4 Å². The second-order valence-corrected chi connectivity index (χ2v) is 7.89. The lowest BCUT2D eigenvalue weighted by molar-refractivity contribution is 0.458. The van der Waals surface area contributed by atoms with Crippen molar-refractivity contribution in [3.8, 4) is 5.75 Å². The number of sulfone groups is 1. The lowest BCUT2D eigenvalue weighted by Gasteiger charge is -2.21. The van der Waals surface area contributed by atoms with Crippen LogP contribution in [0.15, 0.2) is 41.3 Å². The molecule has 0 bridgehead atoms. The van der Waals surface area contributed by atoms with Crippen LogP contribution in [0.25, 0.3) is 10.8 Å². The molecule has 0 amide bonds. The van der Waals surface area contributed by atoms with Crippen molar-refractivity contribution >= 4 is 20.6 Å². The summed E-state index contributed by atoms with van der Waals surface area (Å²) in [7, 11) is -3.58. The smallest absolute Gasteiger partial charge is 0.187 e. The van der Waals surface area contributed by atoms with Crippen LogP contribution in [0, 0.1) is 0 Å². The fourth-order valence-electron chi connectivity index (χ4n) is 1.82. The van der Waals surface area contributed by atoms with Gasteiger partial charge in [0.15, 0.2) is 9.84 Å². The van der Waals surface area contributed by atoms with Crippen molar-refractivity contribution in [2.45, 2.75) is 30.4 Å². The van der Waals surface area contributed by atoms with E-state index >= 15 is 0 Å². The quantitative estimate of drug-likeness (QED) is 0.861. The van der Waals surface area contributed by atoms with Gasteiger partial charge in [0.1, 0.15) is 10.6 Å². The molecule has 0 unspecified atom stereocenters. The molecule has 4 heteroatoms. The molecule has 0 aliphatic heterocycles. The number of fused-ring (bicyclic) bond motifs is 1. The first kappa shape index (κ1) is 12.9. The number of aromatic hydroxyl groups is 1. The van der Waals surface area contributed by atoms with Gasteiger partial charge >= 0.3 is 0 Å². The third kappa shape index (κ3) is 1.86. The average molecular weight is 264 g/mol. The second kappa shape index (κ2) is 3.99. The molecule has 0 aliphatic rings. The summed E-state index contributed by atoms with van der Waals surface area (Å²) in [6.07, 6.45) is 0. The highest BCUT2D eigenvalue weighted by Gasteiger charge is 2.34. The van der Waals surface area contributed by atoms with Gasteiger partial charge in [0.05, 0.1) is 4.75 Å². The summed E-state index contributed by atoms with van der Waals surface area (Å²) in [5.41, 5.74) is 0. The van der Waals surface area contributed by atoms with Crippen LogP contribution in [0.5, 0.6) is 5.75 Å². The summed E-state index contributed by atoms with van der Waals surface area (Å²) in [4.78, 5) is 0.0214. The van der Waals surface area contributed by atoms with E-state index in [4.69, 9.17) is 0 Å². The van der Waals surface area contributed by atoms with Gasteiger partial charge in [-0.2, -0.15) is 0 Å². The van der Waals surface area contributed by atoms with Crippen molar-refractivity contribution in [1.82, 2.24) is 0 Å². The normalized spacial score (nSPS) is 12.8. The molecule has 1 N–H and O–H groups in total. The van der Waals surface area contributed by atoms with Gasteiger partial charge in [-0.25, -0.2) is 8.42 Å². The number of rotatable bonds is 1. The zero-order chi connectivity index (χ0) is 13.6. The third-order valence-electron chi connectivity index (χ3n) is 2.93. The summed E-state index contributed by atoms with van der Waals surface area (Å²) >= 11 is 0. The van der Waals surface area contributed by atoms with Gasteiger partial charge < -0.3 is 5.11 Å². The Labute approximate surface area is 107 Å². The Balaban J connectivity index is 2.91. The zero-order valence-corrected chi connectivity index (χ0v) is 11.5. The van der Waals surface area contributed by atoms with Crippen LogP contribution in [0.1, 0.15) is 20.8 Å². The minimum Gasteiger partial charge on any atom is -0.507 e. The van der Waals surface area contributed by atoms with Gasteiger partial charge in [-0.15, -0.1) is 0 Å². The summed E-state index contributed by atoms with van der Waals surface area (Å²) in [5.74, 6) is -0.191. The SMILES string of the molecule is CC(C)(C)S(=O)(=O)c1c(O)ccc2ccccc12. The van der Waals surface area contributed by atoms with Gasteiger partial charge in [0.2, 0.25) is 0 Å². The minimum atomic E-state index is -3.58. The molecule has 0 aliphatic carbocycles. The van der Waals surface area contributed by atoms with E-state index in [1.54, 1.807) is 39.0 Å². The Kier molecular flexibility index (Phi) is 2.86. The highest BCUT2D eigenvalue weighted by Crippen LogP contribution is 2.36. The maximum absolute atomic E-state index is 12.5. The van der Waals surface area contributed by atoms with Crippen LogP contribution in [0.3, 0.4) is 0 Å². The molecule has 0 radical (unpaired) electrons. The van der Waals surface area contributed by atoms with Crippen molar-refractivity contribution in [3.63, 3.8) is 0 Å². The first-order valence-corrected chi connectivity index (χ1v) is 7.19. The van der Waals surface area contributed by atoms with E-state index in [1.165, 1.54) is 6.07 Å². The Morgan fingerprint density at radius 3 is 2.22 bits per heavy atom. The largest absolute Gasteiger partial charge is 0.507 e. The van der Waals surface area contributed by atoms with E-state index < -0.39 is 14.6 Å². The van der Waals surface area contributed by atoms with E-state index in [1.807, 2.05) is 12.1 Å². The molecule has 0 aromatic heterocycles. The number of hydrogen-bond donors (Lipinski definition) is 1. The Morgan fingerprint density at radius 2 is 1.61 bits per heavy atom. The molecule has 2 rings (SSSR count). The molecule has 0 fully saturated rings. The Hall–Kier alpha value is -1.55. The molecular weight excluding hydrogens is 248 g/mol. The zero-order valence-electron chi connectivity index (χ0n) is 10.6. The van der Waals surface area contributed by atoms with Crippen molar-refractivity contribution in [2.24, 2.45) is 0 Å². The maximum atomic E-state index is 12.5. The minimum absolute atomic E-state index is 0.0214. The van der Waals surface area contributed by atoms with E-state index in [0.29, 0.717) is 5.39 Å². The molecule has 0 heterocycles. The molecule has 18 heavy (non-hydrogen) atoms. The van der Waals surface area contributed by atoms with Crippen molar-refractivity contribution in [1.29, 1.82) is 0 Å². The molecule has 0 saturated heterocycles. The van der Waals surface area contributed by atoms with Crippen molar-refractivity contribution in [3.05, 3.63) is 36.4 Å². The molecule has 96 valence electrons. The number of phenols is 1. The van der Waals surface area contributed by atoms with Crippen LogP contribution in [-0.4, -0.2) is 18.3 Å². The van der Waals surface area contributed by atoms with E-state index in [2.05, 4.69) is 0 Å². The van der Waals surface area contributed by atoms with Crippen LogP contribution in [-0.2, 0) is 9.84 Å². The lowest BCUT2D eigenvalue weighted by Crippen LogP contribution is -2.28. The fraction of sp³-hybridized carbons (Fsp3) is 0.286. The Bertz CT molecular complexity index is 695. The van der Waals surface area contributed by atoms with Crippen LogP contribution in [0.2, 0.25) is 0 Å². The predicted molar refractivity (Wildman–Crippen MR) is 72.6 cm³/mol. The van der Waals surface area contributed by atoms with Crippen LogP contribution >= 0.6 is 0 Å². The number of benzene rings is 2. The van der Waals surface area contributed by atoms with E-state index in [-0.39, 0.29) is 10.6 Å². The van der Waals surface area contributed by atoms with Crippen LogP contribution < -0.4 is 0 Å². The number of phenolic OH excluding ortho intramolecular Hbond substituents is 1. The highest BCUT2D eigenvalue weighted by molar-refractivity contribution is 7.93. The maximum Gasteiger partial charge on any atom is 0.187 e. The molecule has 0 atom stereocenters. The van der Waals surface area contributed by atoms with Gasteiger partial charge in [0.25, 0.3) is 0 Å². The van der Waals surface area contributed by atoms with Gasteiger partial charge in [0, 0.05) is 5.39 Å². The predicted octanol–water partition coefficient (Wildman–Crippen LogP) is 3.12. The van der Waals surface area contributed by atoms with Crippen molar-refractivity contribution in [2.75, 3.05) is 0 Å². The standard InChI is InChI=1S/C14H16O3S/c1-14(2,3)18(16,17)13-11-7-5-4-6-10(11)8-9-12(13)15/h4-9,15H,1-3H3. The molecule has 2 aromatic carbocycles. The van der Waals surface area contributed by atoms with Crippen LogP contribution in [0.4, 0.5) is 0 Å². The first-order chi connectivity index (χ1) is 8.25. The molecule has 3 nitrogen and oxygen atoms in total. The van der Waals surface area contributed by atoms with Gasteiger partial charge in [-0.1, -0.05) is 30.3 Å². The first-order valence-electron chi connectivity index (χ1n) is 5.70. The van der Waals surface area contributed by atoms with E-state index in [0.717, 1.165) is 5.39 Å². The Morgan fingerprint density at radius 1 is 1.00 bits per heavy atom. The molecule has 0 saturated carbocycles. The van der Waals surface area contributed by atoms with Gasteiger partial charge in [-0.05, 0) is 32.2 Å². The summed E-state index contributed by atoms with van der Waals surface area (Å²) in [5, 5.41) is 11.3. The lowest BCUT2D eigenvalue weighted by atomic mass is 10.1. The number of hydrogen-bond acceptors (Lipinski definition) is 3. The monoisotopic (exact) mass is 264 g/mol. The fourth-order valence-corrected chi connectivity index (χ4v) is 3.25. The second-order valence-electron chi connectivity index (χ2n) is 5.25. The van der Waals surface area contributed by atoms with Crippen molar-refractivity contribution < 1.29 is 13.5 Å². The molecular formula is C14H16O3S. The van der Waals surface area contributed by atoms with Gasteiger partial charge in [-0.3, -0.25) is 0 Å². The molecule has 2 aromatic rings. The third-order valence-corrected chi connectivity index (χ3v) is 5.51. The summed E-state index contributed by atoms with van der Waals surface area (Å²) < 4.78 is 24.1. The average Bonchev–Trinajstić information content (AvgIpc) is 2.26. The summed E-state index contributed by atoms with van der Waals surface area (Å²) in [6, 6.07) is 10.3.